The Morgan fingerprint density at radius 1 is 1.03 bits per heavy atom. The molecule has 2 aromatic rings. The van der Waals surface area contributed by atoms with Crippen molar-refractivity contribution < 1.29 is 28.5 Å². The van der Waals surface area contributed by atoms with Gasteiger partial charge < -0.3 is 23.7 Å². The lowest BCUT2D eigenvalue weighted by Crippen LogP contribution is -2.61. The first-order valence-electron chi connectivity index (χ1n) is 11.3. The molecule has 7 nitrogen and oxygen atoms in total. The lowest BCUT2D eigenvalue weighted by molar-refractivity contribution is -0.186. The number of carbonyl (C=O) groups is 1. The number of hydrogen-bond acceptors (Lipinski definition) is 6. The molecule has 0 N–H and O–H groups in total. The van der Waals surface area contributed by atoms with E-state index in [0.717, 1.165) is 11.1 Å². The van der Waals surface area contributed by atoms with Gasteiger partial charge in [-0.2, -0.15) is 0 Å². The van der Waals surface area contributed by atoms with E-state index in [-0.39, 0.29) is 6.09 Å². The molecule has 0 aromatic heterocycles. The fourth-order valence-electron chi connectivity index (χ4n) is 5.03. The smallest absolute Gasteiger partial charge is 0.411 e. The quantitative estimate of drug-likeness (QED) is 0.542. The van der Waals surface area contributed by atoms with Gasteiger partial charge in [0.05, 0.1) is 19.8 Å². The first-order chi connectivity index (χ1) is 16.2. The summed E-state index contributed by atoms with van der Waals surface area (Å²) in [6.45, 7) is 1.65. The van der Waals surface area contributed by atoms with E-state index in [1.165, 1.54) is 0 Å². The second-order valence-electron chi connectivity index (χ2n) is 8.58. The zero-order chi connectivity index (χ0) is 22.7. The third kappa shape index (κ3) is 4.17. The van der Waals surface area contributed by atoms with Crippen LogP contribution in [0.2, 0.25) is 0 Å². The molecule has 3 aliphatic heterocycles. The van der Waals surface area contributed by atoms with Crippen LogP contribution >= 0.6 is 0 Å². The zero-order valence-electron chi connectivity index (χ0n) is 18.7. The normalized spacial score (nSPS) is 28.9. The molecule has 2 fully saturated rings. The number of rotatable bonds is 9. The van der Waals surface area contributed by atoms with Gasteiger partial charge in [0.1, 0.15) is 17.7 Å². The van der Waals surface area contributed by atoms with Crippen molar-refractivity contribution in [3.05, 3.63) is 83.9 Å². The highest BCUT2D eigenvalue weighted by molar-refractivity contribution is 5.73. The summed E-state index contributed by atoms with van der Waals surface area (Å²) in [6, 6.07) is 20.0. The van der Waals surface area contributed by atoms with Crippen LogP contribution in [0.15, 0.2) is 72.8 Å². The van der Waals surface area contributed by atoms with Crippen LogP contribution in [0.4, 0.5) is 4.79 Å². The van der Waals surface area contributed by atoms with Gasteiger partial charge in [-0.3, -0.25) is 4.90 Å². The third-order valence-corrected chi connectivity index (χ3v) is 6.63. The van der Waals surface area contributed by atoms with E-state index in [2.05, 4.69) is 6.08 Å². The van der Waals surface area contributed by atoms with E-state index >= 15 is 0 Å². The highest BCUT2D eigenvalue weighted by atomic mass is 16.7. The highest BCUT2D eigenvalue weighted by Crippen LogP contribution is 2.49. The maximum Gasteiger partial charge on any atom is 0.411 e. The van der Waals surface area contributed by atoms with Crippen LogP contribution < -0.4 is 0 Å². The van der Waals surface area contributed by atoms with Crippen molar-refractivity contribution in [1.82, 2.24) is 4.90 Å². The molecule has 174 valence electrons. The van der Waals surface area contributed by atoms with Crippen molar-refractivity contribution in [2.24, 2.45) is 0 Å². The molecule has 33 heavy (non-hydrogen) atoms. The Morgan fingerprint density at radius 2 is 1.73 bits per heavy atom. The van der Waals surface area contributed by atoms with E-state index in [1.807, 2.05) is 66.7 Å². The first-order valence-corrected chi connectivity index (χ1v) is 11.3. The largest absolute Gasteiger partial charge is 0.438 e. The minimum absolute atomic E-state index is 0.309. The Kier molecular flexibility index (Phi) is 6.46. The first kappa shape index (κ1) is 22.1. The van der Waals surface area contributed by atoms with Crippen LogP contribution in [0, 0.1) is 0 Å². The summed E-state index contributed by atoms with van der Waals surface area (Å²) < 4.78 is 30.2. The number of benzene rings is 2. The van der Waals surface area contributed by atoms with Gasteiger partial charge in [-0.1, -0.05) is 72.8 Å². The van der Waals surface area contributed by atoms with Gasteiger partial charge in [-0.25, -0.2) is 4.79 Å². The minimum Gasteiger partial charge on any atom is -0.438 e. The Labute approximate surface area is 193 Å². The van der Waals surface area contributed by atoms with Crippen LogP contribution in [0.5, 0.6) is 0 Å². The summed E-state index contributed by atoms with van der Waals surface area (Å²) in [6.07, 6.45) is 2.25. The van der Waals surface area contributed by atoms with Gasteiger partial charge in [-0.05, 0) is 17.5 Å². The molecule has 0 aliphatic carbocycles. The molecular weight excluding hydrogens is 422 g/mol. The maximum absolute atomic E-state index is 12.7. The predicted octanol–water partition coefficient (Wildman–Crippen LogP) is 3.68. The number of carbonyl (C=O) groups excluding carboxylic acids is 1. The van der Waals surface area contributed by atoms with Crippen LogP contribution in [0.3, 0.4) is 0 Å². The van der Waals surface area contributed by atoms with Crippen molar-refractivity contribution in [3.8, 4) is 0 Å². The summed E-state index contributed by atoms with van der Waals surface area (Å²) in [5.41, 5.74) is 1.45. The van der Waals surface area contributed by atoms with E-state index in [1.54, 1.807) is 12.0 Å². The average Bonchev–Trinajstić information content (AvgIpc) is 3.32. The van der Waals surface area contributed by atoms with Crippen LogP contribution in [0.1, 0.15) is 17.5 Å². The Balaban J connectivity index is 1.39. The molecule has 3 aliphatic rings. The second kappa shape index (κ2) is 9.65. The lowest BCUT2D eigenvalue weighted by Gasteiger charge is -2.42. The van der Waals surface area contributed by atoms with E-state index in [0.29, 0.717) is 32.8 Å². The van der Waals surface area contributed by atoms with Gasteiger partial charge in [0.2, 0.25) is 0 Å². The molecule has 0 radical (unpaired) electrons. The van der Waals surface area contributed by atoms with Crippen molar-refractivity contribution in [2.75, 3.05) is 20.3 Å². The van der Waals surface area contributed by atoms with Gasteiger partial charge in [0.25, 0.3) is 0 Å². The molecule has 0 unspecified atom stereocenters. The Hall–Kier alpha value is -2.71. The molecule has 2 aromatic carbocycles. The minimum atomic E-state index is -0.691. The topological polar surface area (TPSA) is 66.5 Å². The van der Waals surface area contributed by atoms with Crippen molar-refractivity contribution in [1.29, 1.82) is 0 Å². The van der Waals surface area contributed by atoms with Crippen molar-refractivity contribution in [2.45, 2.75) is 49.8 Å². The lowest BCUT2D eigenvalue weighted by atomic mass is 9.80. The van der Waals surface area contributed by atoms with E-state index < -0.39 is 30.1 Å². The molecule has 0 bridgehead atoms. The van der Waals surface area contributed by atoms with Gasteiger partial charge in [-0.15, -0.1) is 0 Å². The van der Waals surface area contributed by atoms with E-state index in [4.69, 9.17) is 23.7 Å². The Morgan fingerprint density at radius 3 is 2.42 bits per heavy atom. The maximum atomic E-state index is 12.7. The molecule has 2 saturated heterocycles. The molecular formula is C26H29NO6. The summed E-state index contributed by atoms with van der Waals surface area (Å²) >= 11 is 0. The predicted molar refractivity (Wildman–Crippen MR) is 120 cm³/mol. The molecule has 3 heterocycles. The molecule has 5 rings (SSSR count). The number of amides is 1. The third-order valence-electron chi connectivity index (χ3n) is 6.63. The summed E-state index contributed by atoms with van der Waals surface area (Å²) in [5, 5.41) is 0. The second-order valence-corrected chi connectivity index (χ2v) is 8.58. The summed E-state index contributed by atoms with van der Waals surface area (Å²) in [4.78, 5) is 14.5. The zero-order valence-corrected chi connectivity index (χ0v) is 18.7. The number of nitrogens with zero attached hydrogens (tertiary/aromatic N) is 1. The molecule has 0 saturated carbocycles. The average molecular weight is 452 g/mol. The highest BCUT2D eigenvalue weighted by Gasteiger charge is 2.69. The number of ether oxygens (including phenoxy) is 5. The molecule has 7 heteroatoms. The van der Waals surface area contributed by atoms with Gasteiger partial charge >= 0.3 is 6.09 Å². The van der Waals surface area contributed by atoms with Crippen molar-refractivity contribution in [3.63, 3.8) is 0 Å². The summed E-state index contributed by atoms with van der Waals surface area (Å²) in [5.74, 6) is 0. The van der Waals surface area contributed by atoms with Gasteiger partial charge in [0, 0.05) is 13.7 Å². The Bertz CT molecular complexity index is 967. The standard InChI is InChI=1S/C26H29NO6/c1-29-24-23-26(14-8-9-15-27(26)25(28)33-23)22(32-24)21(31-17-20-12-6-3-7-13-20)18-30-16-19-10-4-2-5-11-19/h2-13,21-24H,14-18H2,1H3/t21-,22-,23+,24-,26-/m1/s1. The monoisotopic (exact) mass is 451 g/mol. The summed E-state index contributed by atoms with van der Waals surface area (Å²) in [7, 11) is 1.57. The van der Waals surface area contributed by atoms with Crippen LogP contribution in [-0.2, 0) is 36.9 Å². The number of methoxy groups -OCH3 is 1. The van der Waals surface area contributed by atoms with E-state index in [9.17, 15) is 4.79 Å². The van der Waals surface area contributed by atoms with Crippen LogP contribution in [0.25, 0.3) is 0 Å². The fourth-order valence-corrected chi connectivity index (χ4v) is 5.03. The van der Waals surface area contributed by atoms with Crippen LogP contribution in [-0.4, -0.2) is 61.4 Å². The number of hydrogen-bond donors (Lipinski definition) is 0. The molecule has 1 spiro atoms. The fraction of sp³-hybridized carbons (Fsp3) is 0.423. The molecule has 1 amide bonds. The van der Waals surface area contributed by atoms with Gasteiger partial charge in [0.15, 0.2) is 12.4 Å². The SMILES string of the molecule is CO[C@@H]1O[C@H]([C@@H](COCc2ccccc2)OCc2ccccc2)[C@@]23CC=CCN2C(=O)O[C@@H]13. The molecule has 5 atom stereocenters. The van der Waals surface area contributed by atoms with Crippen molar-refractivity contribution >= 4 is 6.09 Å².